The fourth-order valence-corrected chi connectivity index (χ4v) is 4.24. The molecule has 2 aromatic carbocycles. The molecule has 0 saturated heterocycles. The zero-order valence-corrected chi connectivity index (χ0v) is 18.0. The van der Waals surface area contributed by atoms with Gasteiger partial charge in [-0.3, -0.25) is 9.59 Å². The van der Waals surface area contributed by atoms with Crippen molar-refractivity contribution >= 4 is 16.9 Å². The van der Waals surface area contributed by atoms with Crippen molar-refractivity contribution in [1.29, 1.82) is 0 Å². The van der Waals surface area contributed by atoms with E-state index in [0.29, 0.717) is 5.76 Å². The summed E-state index contributed by atoms with van der Waals surface area (Å²) in [7, 11) is 0. The molecule has 1 atom stereocenters. The first-order chi connectivity index (χ1) is 15.2. The molecule has 0 N–H and O–H groups in total. The molecule has 162 valence electrons. The molecule has 2 aromatic heterocycles. The average molecular weight is 431 g/mol. The van der Waals surface area contributed by atoms with Gasteiger partial charge in [-0.15, -0.1) is 0 Å². The zero-order chi connectivity index (χ0) is 22.6. The van der Waals surface area contributed by atoms with Crippen molar-refractivity contribution in [1.82, 2.24) is 4.90 Å². The Kier molecular flexibility index (Phi) is 4.55. The molecule has 1 amide bonds. The van der Waals surface area contributed by atoms with Crippen LogP contribution in [-0.4, -0.2) is 10.8 Å². The normalized spacial score (nSPS) is 16.1. The molecule has 0 spiro atoms. The van der Waals surface area contributed by atoms with Crippen LogP contribution in [0.4, 0.5) is 4.39 Å². The van der Waals surface area contributed by atoms with Gasteiger partial charge in [-0.1, -0.05) is 45.0 Å². The first-order valence-corrected chi connectivity index (χ1v) is 10.4. The van der Waals surface area contributed by atoms with Crippen molar-refractivity contribution in [2.24, 2.45) is 0 Å². The van der Waals surface area contributed by atoms with Gasteiger partial charge in [0.05, 0.1) is 29.8 Å². The highest BCUT2D eigenvalue weighted by Crippen LogP contribution is 2.39. The summed E-state index contributed by atoms with van der Waals surface area (Å²) in [6, 6.07) is 14.5. The van der Waals surface area contributed by atoms with Crippen LogP contribution < -0.4 is 5.43 Å². The molecule has 0 radical (unpaired) electrons. The van der Waals surface area contributed by atoms with Crippen molar-refractivity contribution < 1.29 is 18.0 Å². The van der Waals surface area contributed by atoms with E-state index in [4.69, 9.17) is 8.83 Å². The minimum Gasteiger partial charge on any atom is -0.467 e. The standard InChI is InChI=1S/C26H22FNO4/c1-26(2,3)16-8-6-15(7-9-16)22-21-23(29)19-13-17(27)10-11-20(19)32-24(21)25(30)28(22)14-18-5-4-12-31-18/h4-13,22H,14H2,1-3H3/t22-/m0/s1. The minimum absolute atomic E-state index is 0.00874. The minimum atomic E-state index is -0.666. The van der Waals surface area contributed by atoms with Crippen LogP contribution in [0.2, 0.25) is 0 Å². The van der Waals surface area contributed by atoms with Crippen LogP contribution in [0.1, 0.15) is 59.8 Å². The van der Waals surface area contributed by atoms with E-state index in [-0.39, 0.29) is 34.3 Å². The van der Waals surface area contributed by atoms with Crippen molar-refractivity contribution in [3.8, 4) is 0 Å². The van der Waals surface area contributed by atoms with Gasteiger partial charge in [0.2, 0.25) is 5.76 Å². The van der Waals surface area contributed by atoms with E-state index in [1.165, 1.54) is 18.4 Å². The van der Waals surface area contributed by atoms with E-state index >= 15 is 0 Å². The van der Waals surface area contributed by atoms with Gasteiger partial charge >= 0.3 is 0 Å². The highest BCUT2D eigenvalue weighted by Gasteiger charge is 2.43. The number of carbonyl (C=O) groups excluding carboxylic acids is 1. The first-order valence-electron chi connectivity index (χ1n) is 10.4. The number of benzene rings is 2. The second kappa shape index (κ2) is 7.19. The lowest BCUT2D eigenvalue weighted by Crippen LogP contribution is -2.29. The van der Waals surface area contributed by atoms with Gasteiger partial charge in [-0.25, -0.2) is 4.39 Å². The van der Waals surface area contributed by atoms with E-state index in [0.717, 1.165) is 17.2 Å². The number of hydrogen-bond acceptors (Lipinski definition) is 4. The molecule has 0 bridgehead atoms. The topological polar surface area (TPSA) is 63.7 Å². The van der Waals surface area contributed by atoms with E-state index in [9.17, 15) is 14.0 Å². The highest BCUT2D eigenvalue weighted by molar-refractivity contribution is 5.99. The average Bonchev–Trinajstić information content (AvgIpc) is 3.36. The molecule has 0 fully saturated rings. The maximum absolute atomic E-state index is 13.9. The Morgan fingerprint density at radius 2 is 1.78 bits per heavy atom. The second-order valence-electron chi connectivity index (χ2n) is 9.10. The number of fused-ring (bicyclic) bond motifs is 2. The van der Waals surface area contributed by atoms with Gasteiger partial charge in [0.25, 0.3) is 5.91 Å². The third-order valence-corrected chi connectivity index (χ3v) is 5.93. The van der Waals surface area contributed by atoms with Crippen molar-refractivity contribution in [2.45, 2.75) is 38.8 Å². The van der Waals surface area contributed by atoms with Gasteiger partial charge in [0.1, 0.15) is 17.2 Å². The summed E-state index contributed by atoms with van der Waals surface area (Å²) < 4.78 is 25.2. The van der Waals surface area contributed by atoms with Crippen LogP contribution in [0.3, 0.4) is 0 Å². The van der Waals surface area contributed by atoms with Crippen LogP contribution in [0.15, 0.2) is 74.5 Å². The van der Waals surface area contributed by atoms with Crippen molar-refractivity contribution in [3.63, 3.8) is 0 Å². The van der Waals surface area contributed by atoms with Crippen LogP contribution >= 0.6 is 0 Å². The summed E-state index contributed by atoms with van der Waals surface area (Å²) in [5.41, 5.74) is 1.88. The Morgan fingerprint density at radius 1 is 1.03 bits per heavy atom. The van der Waals surface area contributed by atoms with Crippen LogP contribution in [0.5, 0.6) is 0 Å². The van der Waals surface area contributed by atoms with Crippen molar-refractivity contribution in [3.05, 3.63) is 105 Å². The molecule has 3 heterocycles. The molecule has 1 aliphatic rings. The maximum Gasteiger partial charge on any atom is 0.291 e. The highest BCUT2D eigenvalue weighted by atomic mass is 19.1. The Labute approximate surface area is 184 Å². The predicted octanol–water partition coefficient (Wildman–Crippen LogP) is 5.57. The van der Waals surface area contributed by atoms with E-state index in [1.54, 1.807) is 17.0 Å². The van der Waals surface area contributed by atoms with Gasteiger partial charge in [0.15, 0.2) is 5.43 Å². The van der Waals surface area contributed by atoms with Crippen LogP contribution in [-0.2, 0) is 12.0 Å². The Hall–Kier alpha value is -3.67. The number of halogens is 1. The summed E-state index contributed by atoms with van der Waals surface area (Å²) in [6.07, 6.45) is 1.54. The van der Waals surface area contributed by atoms with Crippen LogP contribution in [0.25, 0.3) is 11.0 Å². The molecule has 6 heteroatoms. The number of furan rings is 1. The largest absolute Gasteiger partial charge is 0.467 e. The lowest BCUT2D eigenvalue weighted by Gasteiger charge is -2.25. The van der Waals surface area contributed by atoms with Gasteiger partial charge in [-0.05, 0) is 46.9 Å². The fraction of sp³-hybridized carbons (Fsp3) is 0.231. The number of rotatable bonds is 3. The molecule has 32 heavy (non-hydrogen) atoms. The van der Waals surface area contributed by atoms with Gasteiger partial charge in [0, 0.05) is 0 Å². The predicted molar refractivity (Wildman–Crippen MR) is 118 cm³/mol. The monoisotopic (exact) mass is 431 g/mol. The molecule has 5 rings (SSSR count). The molecule has 1 aliphatic heterocycles. The Balaban J connectivity index is 1.71. The fourth-order valence-electron chi connectivity index (χ4n) is 4.24. The van der Waals surface area contributed by atoms with E-state index < -0.39 is 23.2 Å². The molecular weight excluding hydrogens is 409 g/mol. The second-order valence-corrected chi connectivity index (χ2v) is 9.10. The molecule has 0 unspecified atom stereocenters. The van der Waals surface area contributed by atoms with Crippen molar-refractivity contribution in [2.75, 3.05) is 0 Å². The third kappa shape index (κ3) is 3.23. The lowest BCUT2D eigenvalue weighted by molar-refractivity contribution is 0.0701. The number of hydrogen-bond donors (Lipinski definition) is 0. The van der Waals surface area contributed by atoms with Gasteiger partial charge < -0.3 is 13.7 Å². The molecule has 5 nitrogen and oxygen atoms in total. The quantitative estimate of drug-likeness (QED) is 0.426. The third-order valence-electron chi connectivity index (χ3n) is 5.93. The van der Waals surface area contributed by atoms with E-state index in [2.05, 4.69) is 20.8 Å². The molecule has 0 saturated carbocycles. The summed E-state index contributed by atoms with van der Waals surface area (Å²) in [5.74, 6) is -0.353. The number of nitrogens with zero attached hydrogens (tertiary/aromatic N) is 1. The Morgan fingerprint density at radius 3 is 2.44 bits per heavy atom. The van der Waals surface area contributed by atoms with Crippen LogP contribution in [0, 0.1) is 5.82 Å². The summed E-state index contributed by atoms with van der Waals surface area (Å²) in [4.78, 5) is 28.4. The Bertz CT molecular complexity index is 1380. The summed E-state index contributed by atoms with van der Waals surface area (Å²) in [6.45, 7) is 6.53. The molecular formula is C26H22FNO4. The summed E-state index contributed by atoms with van der Waals surface area (Å²) in [5, 5.41) is 0.118. The smallest absolute Gasteiger partial charge is 0.291 e. The number of carbonyl (C=O) groups is 1. The number of amides is 1. The molecule has 0 aliphatic carbocycles. The van der Waals surface area contributed by atoms with Gasteiger partial charge in [-0.2, -0.15) is 0 Å². The molecule has 4 aromatic rings. The van der Waals surface area contributed by atoms with E-state index in [1.807, 2.05) is 24.3 Å². The SMILES string of the molecule is CC(C)(C)c1ccc([C@H]2c3c(oc4ccc(F)cc4c3=O)C(=O)N2Cc2ccco2)cc1. The lowest BCUT2D eigenvalue weighted by atomic mass is 9.86. The maximum atomic E-state index is 13.9. The zero-order valence-electron chi connectivity index (χ0n) is 18.0. The first kappa shape index (κ1) is 20.2. The summed E-state index contributed by atoms with van der Waals surface area (Å²) >= 11 is 0.